The van der Waals surface area contributed by atoms with Crippen LogP contribution in [0.5, 0.6) is 0 Å². The van der Waals surface area contributed by atoms with Crippen LogP contribution in [0.2, 0.25) is 0 Å². The molecule has 2 bridgehead atoms. The van der Waals surface area contributed by atoms with Gasteiger partial charge in [-0.15, -0.1) is 0 Å². The molecule has 0 aromatic heterocycles. The van der Waals surface area contributed by atoms with Crippen molar-refractivity contribution >= 4 is 21.6 Å². The van der Waals surface area contributed by atoms with Crippen molar-refractivity contribution in [3.05, 3.63) is 28.7 Å². The molecule has 2 aliphatic heterocycles. The molecule has 3 rings (SSSR count). The maximum Gasteiger partial charge on any atom is 0.0755 e. The maximum absolute atomic E-state index is 5.83. The van der Waals surface area contributed by atoms with Gasteiger partial charge in [-0.05, 0) is 31.0 Å². The fourth-order valence-corrected chi connectivity index (χ4v) is 2.89. The van der Waals surface area contributed by atoms with Gasteiger partial charge in [0.15, 0.2) is 0 Å². The zero-order chi connectivity index (χ0) is 10.3. The van der Waals surface area contributed by atoms with Gasteiger partial charge in [0, 0.05) is 23.2 Å². The predicted molar refractivity (Wildman–Crippen MR) is 64.3 cm³/mol. The third-order valence-corrected chi connectivity index (χ3v) is 3.71. The Morgan fingerprint density at radius 1 is 1.20 bits per heavy atom. The quantitative estimate of drug-likeness (QED) is 0.776. The van der Waals surface area contributed by atoms with Crippen molar-refractivity contribution in [2.75, 3.05) is 18.0 Å². The number of hydrogen-bond donors (Lipinski definition) is 0. The molecule has 0 N–H and O–H groups in total. The summed E-state index contributed by atoms with van der Waals surface area (Å²) in [7, 11) is 0. The standard InChI is InChI=1S/C12H14BrNO/c13-9-2-1-3-10(6-9)14-7-11-4-5-12(8-14)15-11/h1-3,6,11-12H,4-5,7-8H2. The van der Waals surface area contributed by atoms with Gasteiger partial charge in [0.25, 0.3) is 0 Å². The molecule has 0 spiro atoms. The van der Waals surface area contributed by atoms with Gasteiger partial charge < -0.3 is 9.64 Å². The summed E-state index contributed by atoms with van der Waals surface area (Å²) in [5.74, 6) is 0. The molecule has 0 aliphatic carbocycles. The smallest absolute Gasteiger partial charge is 0.0755 e. The zero-order valence-electron chi connectivity index (χ0n) is 8.53. The third kappa shape index (κ3) is 1.91. The molecule has 2 saturated heterocycles. The second-order valence-electron chi connectivity index (χ2n) is 4.34. The van der Waals surface area contributed by atoms with Gasteiger partial charge in [0.1, 0.15) is 0 Å². The Balaban J connectivity index is 1.83. The van der Waals surface area contributed by atoms with Crippen LogP contribution in [-0.4, -0.2) is 25.3 Å². The van der Waals surface area contributed by atoms with Crippen LogP contribution in [0, 0.1) is 0 Å². The first-order chi connectivity index (χ1) is 7.31. The minimum Gasteiger partial charge on any atom is -0.371 e. The largest absolute Gasteiger partial charge is 0.371 e. The van der Waals surface area contributed by atoms with E-state index < -0.39 is 0 Å². The van der Waals surface area contributed by atoms with Crippen molar-refractivity contribution in [3.8, 4) is 0 Å². The zero-order valence-corrected chi connectivity index (χ0v) is 10.1. The summed E-state index contributed by atoms with van der Waals surface area (Å²) in [6, 6.07) is 8.52. The van der Waals surface area contributed by atoms with Crippen LogP contribution >= 0.6 is 15.9 Å². The first-order valence-corrected chi connectivity index (χ1v) is 6.26. The highest BCUT2D eigenvalue weighted by Crippen LogP contribution is 2.30. The minimum absolute atomic E-state index is 0.461. The molecule has 2 unspecified atom stereocenters. The van der Waals surface area contributed by atoms with E-state index in [9.17, 15) is 0 Å². The summed E-state index contributed by atoms with van der Waals surface area (Å²) in [6.45, 7) is 2.10. The highest BCUT2D eigenvalue weighted by atomic mass is 79.9. The summed E-state index contributed by atoms with van der Waals surface area (Å²) >= 11 is 3.52. The Morgan fingerprint density at radius 2 is 1.93 bits per heavy atom. The second-order valence-corrected chi connectivity index (χ2v) is 5.26. The number of fused-ring (bicyclic) bond motifs is 2. The highest BCUT2D eigenvalue weighted by Gasteiger charge is 2.33. The molecular weight excluding hydrogens is 254 g/mol. The van der Waals surface area contributed by atoms with Crippen LogP contribution in [0.1, 0.15) is 12.8 Å². The Labute approximate surface area is 98.4 Å². The normalized spacial score (nSPS) is 29.5. The SMILES string of the molecule is Brc1cccc(N2CC3CCC(C2)O3)c1. The van der Waals surface area contributed by atoms with E-state index in [1.807, 2.05) is 0 Å². The van der Waals surface area contributed by atoms with E-state index >= 15 is 0 Å². The average Bonchev–Trinajstić information content (AvgIpc) is 2.58. The third-order valence-electron chi connectivity index (χ3n) is 3.22. The topological polar surface area (TPSA) is 12.5 Å². The molecule has 2 heterocycles. The number of anilines is 1. The van der Waals surface area contributed by atoms with Gasteiger partial charge in [0.05, 0.1) is 12.2 Å². The Hall–Kier alpha value is -0.540. The fraction of sp³-hybridized carbons (Fsp3) is 0.500. The Kier molecular flexibility index (Phi) is 2.45. The maximum atomic E-state index is 5.83. The van der Waals surface area contributed by atoms with Crippen molar-refractivity contribution in [1.82, 2.24) is 0 Å². The molecule has 0 radical (unpaired) electrons. The van der Waals surface area contributed by atoms with Gasteiger partial charge in [-0.3, -0.25) is 0 Å². The molecule has 2 fully saturated rings. The van der Waals surface area contributed by atoms with Gasteiger partial charge in [-0.1, -0.05) is 22.0 Å². The molecule has 3 heteroatoms. The fourth-order valence-electron chi connectivity index (χ4n) is 2.50. The van der Waals surface area contributed by atoms with E-state index in [1.54, 1.807) is 0 Å². The number of halogens is 1. The number of morpholine rings is 1. The minimum atomic E-state index is 0.461. The predicted octanol–water partition coefficient (Wildman–Crippen LogP) is 2.82. The molecule has 2 aliphatic rings. The van der Waals surface area contributed by atoms with Crippen LogP contribution in [0.4, 0.5) is 5.69 Å². The number of nitrogens with zero attached hydrogens (tertiary/aromatic N) is 1. The van der Waals surface area contributed by atoms with E-state index in [0.717, 1.165) is 17.6 Å². The molecule has 80 valence electrons. The van der Waals surface area contributed by atoms with E-state index in [0.29, 0.717) is 12.2 Å². The summed E-state index contributed by atoms with van der Waals surface area (Å²) in [4.78, 5) is 2.44. The van der Waals surface area contributed by atoms with Crippen molar-refractivity contribution in [1.29, 1.82) is 0 Å². The summed E-state index contributed by atoms with van der Waals surface area (Å²) in [6.07, 6.45) is 3.38. The summed E-state index contributed by atoms with van der Waals surface area (Å²) < 4.78 is 6.98. The Bertz CT molecular complexity index is 356. The van der Waals surface area contributed by atoms with E-state index in [-0.39, 0.29) is 0 Å². The number of benzene rings is 1. The first kappa shape index (κ1) is 9.67. The lowest BCUT2D eigenvalue weighted by atomic mass is 10.2. The molecule has 1 aromatic carbocycles. The van der Waals surface area contributed by atoms with Crippen LogP contribution in [0.25, 0.3) is 0 Å². The van der Waals surface area contributed by atoms with Gasteiger partial charge in [0.2, 0.25) is 0 Å². The molecular formula is C12H14BrNO. The summed E-state index contributed by atoms with van der Waals surface area (Å²) in [5.41, 5.74) is 1.31. The highest BCUT2D eigenvalue weighted by molar-refractivity contribution is 9.10. The van der Waals surface area contributed by atoms with Crippen molar-refractivity contribution in [2.45, 2.75) is 25.0 Å². The average molecular weight is 268 g/mol. The van der Waals surface area contributed by atoms with Crippen LogP contribution in [0.15, 0.2) is 28.7 Å². The second kappa shape index (κ2) is 3.80. The van der Waals surface area contributed by atoms with Crippen molar-refractivity contribution in [2.24, 2.45) is 0 Å². The van der Waals surface area contributed by atoms with Crippen LogP contribution in [-0.2, 0) is 4.74 Å². The Morgan fingerprint density at radius 3 is 2.60 bits per heavy atom. The van der Waals surface area contributed by atoms with Gasteiger partial charge in [-0.25, -0.2) is 0 Å². The van der Waals surface area contributed by atoms with Crippen LogP contribution in [0.3, 0.4) is 0 Å². The molecule has 2 nitrogen and oxygen atoms in total. The van der Waals surface area contributed by atoms with E-state index in [2.05, 4.69) is 45.1 Å². The van der Waals surface area contributed by atoms with Crippen molar-refractivity contribution in [3.63, 3.8) is 0 Å². The number of rotatable bonds is 1. The number of hydrogen-bond acceptors (Lipinski definition) is 2. The van der Waals surface area contributed by atoms with Gasteiger partial charge >= 0.3 is 0 Å². The molecule has 1 aromatic rings. The number of ether oxygens (including phenoxy) is 1. The lowest BCUT2D eigenvalue weighted by Crippen LogP contribution is -2.42. The lowest BCUT2D eigenvalue weighted by molar-refractivity contribution is 0.0305. The molecule has 0 amide bonds. The van der Waals surface area contributed by atoms with E-state index in [1.165, 1.54) is 18.5 Å². The molecule has 0 saturated carbocycles. The summed E-state index contributed by atoms with van der Waals surface area (Å²) in [5, 5.41) is 0. The first-order valence-electron chi connectivity index (χ1n) is 5.47. The van der Waals surface area contributed by atoms with Crippen molar-refractivity contribution < 1.29 is 4.74 Å². The molecule has 15 heavy (non-hydrogen) atoms. The lowest BCUT2D eigenvalue weighted by Gasteiger charge is -2.33. The van der Waals surface area contributed by atoms with Crippen LogP contribution < -0.4 is 4.90 Å². The monoisotopic (exact) mass is 267 g/mol. The van der Waals surface area contributed by atoms with Gasteiger partial charge in [-0.2, -0.15) is 0 Å². The molecule has 2 atom stereocenters. The van der Waals surface area contributed by atoms with E-state index in [4.69, 9.17) is 4.74 Å².